The van der Waals surface area contributed by atoms with Gasteiger partial charge in [0.05, 0.1) is 24.8 Å². The lowest BCUT2D eigenvalue weighted by Gasteiger charge is -2.20. The fourth-order valence-corrected chi connectivity index (χ4v) is 2.57. The molecule has 1 aromatic rings. The highest BCUT2D eigenvalue weighted by Crippen LogP contribution is 2.08. The quantitative estimate of drug-likeness (QED) is 0.809. The largest absolute Gasteiger partial charge is 0.395 e. The highest BCUT2D eigenvalue weighted by Gasteiger charge is 2.17. The second kappa shape index (κ2) is 7.89. The van der Waals surface area contributed by atoms with Crippen LogP contribution in [0.1, 0.15) is 22.3 Å². The van der Waals surface area contributed by atoms with E-state index < -0.39 is 0 Å². The Morgan fingerprint density at radius 2 is 1.81 bits per heavy atom. The predicted octanol–water partition coefficient (Wildman–Crippen LogP) is 0.741. The van der Waals surface area contributed by atoms with Crippen LogP contribution in [0.25, 0.3) is 0 Å². The Bertz CT molecular complexity index is 507. The minimum Gasteiger partial charge on any atom is -0.395 e. The first kappa shape index (κ1) is 15.6. The van der Waals surface area contributed by atoms with E-state index in [4.69, 9.17) is 10.4 Å². The van der Waals surface area contributed by atoms with Crippen molar-refractivity contribution in [1.29, 1.82) is 5.26 Å². The molecule has 0 aliphatic carbocycles. The normalized spacial score (nSPS) is 17.1. The third kappa shape index (κ3) is 4.64. The van der Waals surface area contributed by atoms with Crippen molar-refractivity contribution in [3.8, 4) is 6.07 Å². The van der Waals surface area contributed by atoms with Crippen LogP contribution in [0, 0.1) is 11.3 Å². The summed E-state index contributed by atoms with van der Waals surface area (Å²) in [6, 6.07) is 8.85. The first-order valence-electron chi connectivity index (χ1n) is 7.32. The number of nitrogens with zero attached hydrogens (tertiary/aromatic N) is 3. The monoisotopic (exact) mass is 287 g/mol. The first-order chi connectivity index (χ1) is 10.2. The highest BCUT2D eigenvalue weighted by molar-refractivity contribution is 5.97. The molecule has 1 N–H and O–H groups in total. The van der Waals surface area contributed by atoms with Gasteiger partial charge >= 0.3 is 0 Å². The van der Waals surface area contributed by atoms with Crippen LogP contribution >= 0.6 is 0 Å². The number of ketones is 1. The van der Waals surface area contributed by atoms with Crippen LogP contribution in [-0.4, -0.2) is 66.6 Å². The molecule has 1 heterocycles. The molecule has 0 bridgehead atoms. The third-order valence-electron chi connectivity index (χ3n) is 3.80. The molecule has 21 heavy (non-hydrogen) atoms. The van der Waals surface area contributed by atoms with Gasteiger partial charge in [0.25, 0.3) is 0 Å². The third-order valence-corrected chi connectivity index (χ3v) is 3.80. The van der Waals surface area contributed by atoms with Crippen molar-refractivity contribution in [2.75, 3.05) is 45.9 Å². The number of aliphatic hydroxyl groups is 1. The summed E-state index contributed by atoms with van der Waals surface area (Å²) >= 11 is 0. The minimum atomic E-state index is 0.0927. The summed E-state index contributed by atoms with van der Waals surface area (Å²) in [5, 5.41) is 17.7. The summed E-state index contributed by atoms with van der Waals surface area (Å²) in [7, 11) is 0. The Hall–Kier alpha value is -1.74. The lowest BCUT2D eigenvalue weighted by atomic mass is 10.1. The van der Waals surface area contributed by atoms with E-state index in [1.807, 2.05) is 0 Å². The van der Waals surface area contributed by atoms with Crippen LogP contribution in [0.15, 0.2) is 24.3 Å². The summed E-state index contributed by atoms with van der Waals surface area (Å²) in [6.07, 6.45) is 1.01. The van der Waals surface area contributed by atoms with E-state index in [1.54, 1.807) is 24.3 Å². The molecule has 1 aliphatic heterocycles. The van der Waals surface area contributed by atoms with Crippen molar-refractivity contribution in [3.05, 3.63) is 35.4 Å². The molecule has 1 saturated heterocycles. The number of Topliss-reactive ketones (excluding diaryl/α,β-unsaturated/α-hetero) is 1. The number of carbonyl (C=O) groups excluding carboxylic acids is 1. The van der Waals surface area contributed by atoms with E-state index in [0.29, 0.717) is 24.2 Å². The molecule has 0 amide bonds. The molecule has 0 atom stereocenters. The Labute approximate surface area is 125 Å². The van der Waals surface area contributed by atoms with Gasteiger partial charge in [-0.25, -0.2) is 0 Å². The Morgan fingerprint density at radius 3 is 2.48 bits per heavy atom. The van der Waals surface area contributed by atoms with Gasteiger partial charge in [0, 0.05) is 25.2 Å². The van der Waals surface area contributed by atoms with Gasteiger partial charge in [-0.1, -0.05) is 12.1 Å². The van der Waals surface area contributed by atoms with Gasteiger partial charge in [0.2, 0.25) is 0 Å². The Balaban J connectivity index is 1.88. The topological polar surface area (TPSA) is 67.6 Å². The van der Waals surface area contributed by atoms with E-state index in [0.717, 1.165) is 32.6 Å². The molecule has 2 rings (SSSR count). The van der Waals surface area contributed by atoms with Gasteiger partial charge in [-0.15, -0.1) is 0 Å². The number of β-amino-alcohol motifs (C(OH)–C–C–N with tert-alkyl or cyclic N) is 1. The number of nitriles is 1. The molecule has 0 saturated carbocycles. The zero-order valence-corrected chi connectivity index (χ0v) is 12.2. The van der Waals surface area contributed by atoms with E-state index in [1.165, 1.54) is 0 Å². The second-order valence-corrected chi connectivity index (χ2v) is 5.31. The zero-order valence-electron chi connectivity index (χ0n) is 12.2. The summed E-state index contributed by atoms with van der Waals surface area (Å²) in [5.41, 5.74) is 1.23. The smallest absolute Gasteiger partial charge is 0.176 e. The van der Waals surface area contributed by atoms with Crippen LogP contribution in [0.4, 0.5) is 0 Å². The molecular weight excluding hydrogens is 266 g/mol. The lowest BCUT2D eigenvalue weighted by molar-refractivity contribution is 0.0932. The number of hydrogen-bond acceptors (Lipinski definition) is 5. The molecule has 0 radical (unpaired) electrons. The Morgan fingerprint density at radius 1 is 1.14 bits per heavy atom. The van der Waals surface area contributed by atoms with Crippen molar-refractivity contribution in [2.24, 2.45) is 0 Å². The molecular formula is C16H21N3O2. The summed E-state index contributed by atoms with van der Waals surface area (Å²) < 4.78 is 0. The van der Waals surface area contributed by atoms with E-state index >= 15 is 0 Å². The molecule has 0 aromatic heterocycles. The average molecular weight is 287 g/mol. The zero-order chi connectivity index (χ0) is 15.1. The molecule has 112 valence electrons. The number of carbonyl (C=O) groups is 1. The second-order valence-electron chi connectivity index (χ2n) is 5.31. The SMILES string of the molecule is N#Cc1ccc(C(=O)CN2CCCN(CCO)CC2)cc1. The van der Waals surface area contributed by atoms with E-state index in [9.17, 15) is 4.79 Å². The van der Waals surface area contributed by atoms with Gasteiger partial charge in [0.15, 0.2) is 5.78 Å². The molecule has 1 aliphatic rings. The van der Waals surface area contributed by atoms with Crippen molar-refractivity contribution >= 4 is 5.78 Å². The maximum atomic E-state index is 12.3. The number of aliphatic hydroxyl groups excluding tert-OH is 1. The van der Waals surface area contributed by atoms with Gasteiger partial charge in [-0.3, -0.25) is 14.6 Å². The van der Waals surface area contributed by atoms with Crippen molar-refractivity contribution in [1.82, 2.24) is 9.80 Å². The molecule has 0 spiro atoms. The minimum absolute atomic E-state index is 0.0927. The van der Waals surface area contributed by atoms with Crippen LogP contribution in [0.3, 0.4) is 0 Å². The highest BCUT2D eigenvalue weighted by atomic mass is 16.3. The number of benzene rings is 1. The van der Waals surface area contributed by atoms with Crippen LogP contribution in [0.2, 0.25) is 0 Å². The van der Waals surface area contributed by atoms with Crippen molar-refractivity contribution in [3.63, 3.8) is 0 Å². The van der Waals surface area contributed by atoms with E-state index in [2.05, 4.69) is 15.9 Å². The molecule has 0 unspecified atom stereocenters. The van der Waals surface area contributed by atoms with Gasteiger partial charge < -0.3 is 5.11 Å². The Kier molecular flexibility index (Phi) is 5.88. The summed E-state index contributed by atoms with van der Waals surface area (Å²) in [5.74, 6) is 0.0927. The van der Waals surface area contributed by atoms with Gasteiger partial charge in [-0.2, -0.15) is 5.26 Å². The maximum absolute atomic E-state index is 12.3. The fourth-order valence-electron chi connectivity index (χ4n) is 2.57. The number of hydrogen-bond donors (Lipinski definition) is 1. The lowest BCUT2D eigenvalue weighted by Crippen LogP contribution is -2.35. The standard InChI is InChI=1S/C16H21N3O2/c17-12-14-2-4-15(5-3-14)16(21)13-19-7-1-6-18(8-9-19)10-11-20/h2-5,20H,1,6-11,13H2. The van der Waals surface area contributed by atoms with Crippen molar-refractivity contribution in [2.45, 2.75) is 6.42 Å². The van der Waals surface area contributed by atoms with Gasteiger partial charge in [-0.05, 0) is 31.6 Å². The maximum Gasteiger partial charge on any atom is 0.176 e. The first-order valence-corrected chi connectivity index (χ1v) is 7.32. The predicted molar refractivity (Wildman–Crippen MR) is 80.1 cm³/mol. The molecule has 5 nitrogen and oxygen atoms in total. The van der Waals surface area contributed by atoms with Crippen LogP contribution in [0.5, 0.6) is 0 Å². The van der Waals surface area contributed by atoms with Crippen molar-refractivity contribution < 1.29 is 9.90 Å². The molecule has 1 fully saturated rings. The molecule has 1 aromatic carbocycles. The summed E-state index contributed by atoms with van der Waals surface area (Å²) in [4.78, 5) is 16.6. The average Bonchev–Trinajstić information content (AvgIpc) is 2.73. The van der Waals surface area contributed by atoms with E-state index in [-0.39, 0.29) is 12.4 Å². The fraction of sp³-hybridized carbons (Fsp3) is 0.500. The van der Waals surface area contributed by atoms with Gasteiger partial charge in [0.1, 0.15) is 0 Å². The molecule has 5 heteroatoms. The van der Waals surface area contributed by atoms with Crippen LogP contribution in [-0.2, 0) is 0 Å². The summed E-state index contributed by atoms with van der Waals surface area (Å²) in [6.45, 7) is 4.93. The van der Waals surface area contributed by atoms with Crippen LogP contribution < -0.4 is 0 Å². The number of rotatable bonds is 5.